The molecule has 0 amide bonds. The zero-order valence-electron chi connectivity index (χ0n) is 7.55. The molecule has 3 nitrogen and oxygen atoms in total. The molecule has 1 N–H and O–H groups in total. The number of nitrogens with zero attached hydrogens (tertiary/aromatic N) is 2. The number of hydrogen-bond donors (Lipinski definition) is 1. The van der Waals surface area contributed by atoms with Crippen LogP contribution in [0.25, 0.3) is 0 Å². The Labute approximate surface area is 82.9 Å². The fourth-order valence-electron chi connectivity index (χ4n) is 0.768. The Balaban J connectivity index is 2.50. The van der Waals surface area contributed by atoms with Gasteiger partial charge in [-0.3, -0.25) is 4.98 Å². The Morgan fingerprint density at radius 3 is 3.00 bits per heavy atom. The summed E-state index contributed by atoms with van der Waals surface area (Å²) in [5.41, 5.74) is 1.13. The molecule has 1 heterocycles. The SMILES string of the molecule is C=C(CC)CNc1cncc(Cl)n1. The molecule has 0 bridgehead atoms. The third kappa shape index (κ3) is 3.42. The van der Waals surface area contributed by atoms with Crippen molar-refractivity contribution in [2.24, 2.45) is 0 Å². The molecule has 0 spiro atoms. The lowest BCUT2D eigenvalue weighted by molar-refractivity contribution is 1.03. The lowest BCUT2D eigenvalue weighted by atomic mass is 10.2. The molecule has 0 atom stereocenters. The minimum absolute atomic E-state index is 0.395. The molecule has 13 heavy (non-hydrogen) atoms. The van der Waals surface area contributed by atoms with Crippen LogP contribution < -0.4 is 5.32 Å². The van der Waals surface area contributed by atoms with E-state index in [0.29, 0.717) is 17.5 Å². The van der Waals surface area contributed by atoms with Crippen molar-refractivity contribution in [3.8, 4) is 0 Å². The van der Waals surface area contributed by atoms with Gasteiger partial charge < -0.3 is 5.32 Å². The summed E-state index contributed by atoms with van der Waals surface area (Å²) < 4.78 is 0. The van der Waals surface area contributed by atoms with Crippen molar-refractivity contribution in [3.63, 3.8) is 0 Å². The highest BCUT2D eigenvalue weighted by atomic mass is 35.5. The molecule has 0 aliphatic heterocycles. The topological polar surface area (TPSA) is 37.8 Å². The van der Waals surface area contributed by atoms with Crippen LogP contribution >= 0.6 is 11.6 Å². The first-order valence-corrected chi connectivity index (χ1v) is 4.48. The molecule has 0 aromatic carbocycles. The second-order valence-electron chi connectivity index (χ2n) is 2.68. The van der Waals surface area contributed by atoms with Gasteiger partial charge in [-0.05, 0) is 6.42 Å². The third-order valence-electron chi connectivity index (χ3n) is 1.62. The number of anilines is 1. The molecule has 0 fully saturated rings. The van der Waals surface area contributed by atoms with Crippen LogP contribution in [-0.2, 0) is 0 Å². The third-order valence-corrected chi connectivity index (χ3v) is 1.81. The molecule has 1 aromatic rings. The molecular weight excluding hydrogens is 186 g/mol. The lowest BCUT2D eigenvalue weighted by Gasteiger charge is -2.05. The molecule has 0 aliphatic rings. The minimum Gasteiger partial charge on any atom is -0.365 e. The fourth-order valence-corrected chi connectivity index (χ4v) is 0.915. The Morgan fingerprint density at radius 2 is 2.38 bits per heavy atom. The highest BCUT2D eigenvalue weighted by Gasteiger charge is 1.95. The summed E-state index contributed by atoms with van der Waals surface area (Å²) >= 11 is 5.66. The molecule has 0 aliphatic carbocycles. The van der Waals surface area contributed by atoms with Crippen LogP contribution in [0.3, 0.4) is 0 Å². The monoisotopic (exact) mass is 197 g/mol. The van der Waals surface area contributed by atoms with Gasteiger partial charge in [0.05, 0.1) is 12.4 Å². The second kappa shape index (κ2) is 4.82. The van der Waals surface area contributed by atoms with Gasteiger partial charge in [-0.2, -0.15) is 0 Å². The van der Waals surface area contributed by atoms with Crippen LogP contribution in [0, 0.1) is 0 Å². The van der Waals surface area contributed by atoms with Crippen LogP contribution in [0.15, 0.2) is 24.5 Å². The first kappa shape index (κ1) is 9.99. The van der Waals surface area contributed by atoms with E-state index in [-0.39, 0.29) is 0 Å². The summed E-state index contributed by atoms with van der Waals surface area (Å²) in [4.78, 5) is 7.93. The maximum absolute atomic E-state index is 5.66. The maximum atomic E-state index is 5.66. The van der Waals surface area contributed by atoms with Gasteiger partial charge in [0.1, 0.15) is 11.0 Å². The van der Waals surface area contributed by atoms with Crippen LogP contribution in [0.2, 0.25) is 5.15 Å². The average Bonchev–Trinajstić information content (AvgIpc) is 2.14. The van der Waals surface area contributed by atoms with Gasteiger partial charge in [-0.25, -0.2) is 4.98 Å². The summed E-state index contributed by atoms with van der Waals surface area (Å²) in [6.45, 7) is 6.64. The van der Waals surface area contributed by atoms with Gasteiger partial charge in [0.2, 0.25) is 0 Å². The lowest BCUT2D eigenvalue weighted by Crippen LogP contribution is -2.05. The minimum atomic E-state index is 0.395. The van der Waals surface area contributed by atoms with Crippen molar-refractivity contribution < 1.29 is 0 Å². The van der Waals surface area contributed by atoms with Gasteiger partial charge in [-0.15, -0.1) is 0 Å². The maximum Gasteiger partial charge on any atom is 0.149 e. The highest BCUT2D eigenvalue weighted by molar-refractivity contribution is 6.29. The van der Waals surface area contributed by atoms with E-state index < -0.39 is 0 Å². The molecule has 0 radical (unpaired) electrons. The van der Waals surface area contributed by atoms with Gasteiger partial charge in [-0.1, -0.05) is 30.7 Å². The van der Waals surface area contributed by atoms with E-state index >= 15 is 0 Å². The van der Waals surface area contributed by atoms with Crippen LogP contribution in [0.4, 0.5) is 5.82 Å². The first-order chi connectivity index (χ1) is 6.22. The van der Waals surface area contributed by atoms with Crippen molar-refractivity contribution in [2.75, 3.05) is 11.9 Å². The Kier molecular flexibility index (Phi) is 3.71. The Bertz CT molecular complexity index is 299. The summed E-state index contributed by atoms with van der Waals surface area (Å²) in [5.74, 6) is 0.683. The van der Waals surface area contributed by atoms with Crippen LogP contribution in [0.1, 0.15) is 13.3 Å². The second-order valence-corrected chi connectivity index (χ2v) is 3.07. The fraction of sp³-hybridized carbons (Fsp3) is 0.333. The Hall–Kier alpha value is -1.09. The van der Waals surface area contributed by atoms with E-state index in [1.165, 1.54) is 6.20 Å². The number of aromatic nitrogens is 2. The zero-order chi connectivity index (χ0) is 9.68. The van der Waals surface area contributed by atoms with E-state index in [0.717, 1.165) is 12.0 Å². The van der Waals surface area contributed by atoms with Gasteiger partial charge in [0.25, 0.3) is 0 Å². The number of halogens is 1. The molecule has 0 unspecified atom stereocenters. The number of nitrogens with one attached hydrogen (secondary N) is 1. The van der Waals surface area contributed by atoms with E-state index in [1.54, 1.807) is 6.20 Å². The van der Waals surface area contributed by atoms with Crippen molar-refractivity contribution >= 4 is 17.4 Å². The summed E-state index contributed by atoms with van der Waals surface area (Å²) in [6, 6.07) is 0. The predicted molar refractivity (Wildman–Crippen MR) is 55.0 cm³/mol. The van der Waals surface area contributed by atoms with E-state index in [2.05, 4.69) is 28.8 Å². The van der Waals surface area contributed by atoms with Crippen molar-refractivity contribution in [1.29, 1.82) is 0 Å². The van der Waals surface area contributed by atoms with Crippen LogP contribution in [0.5, 0.6) is 0 Å². The molecule has 0 saturated carbocycles. The van der Waals surface area contributed by atoms with Crippen molar-refractivity contribution in [3.05, 3.63) is 29.7 Å². The summed E-state index contributed by atoms with van der Waals surface area (Å²) in [5, 5.41) is 3.47. The van der Waals surface area contributed by atoms with Gasteiger partial charge in [0, 0.05) is 6.54 Å². The normalized spacial score (nSPS) is 9.69. The Morgan fingerprint density at radius 1 is 1.62 bits per heavy atom. The number of hydrogen-bond acceptors (Lipinski definition) is 3. The van der Waals surface area contributed by atoms with E-state index in [9.17, 15) is 0 Å². The van der Waals surface area contributed by atoms with E-state index in [1.807, 2.05) is 0 Å². The average molecular weight is 198 g/mol. The molecule has 1 aromatic heterocycles. The number of rotatable bonds is 4. The predicted octanol–water partition coefficient (Wildman–Crippen LogP) is 2.51. The molecular formula is C9H12ClN3. The quantitative estimate of drug-likeness (QED) is 0.754. The molecule has 1 rings (SSSR count). The van der Waals surface area contributed by atoms with E-state index in [4.69, 9.17) is 11.6 Å². The smallest absolute Gasteiger partial charge is 0.149 e. The molecule has 70 valence electrons. The standard InChI is InChI=1S/C9H12ClN3/c1-3-7(2)4-12-9-6-11-5-8(10)13-9/h5-6H,2-4H2,1H3,(H,12,13). The molecule has 4 heteroatoms. The van der Waals surface area contributed by atoms with Gasteiger partial charge >= 0.3 is 0 Å². The zero-order valence-corrected chi connectivity index (χ0v) is 8.30. The molecule has 0 saturated heterocycles. The highest BCUT2D eigenvalue weighted by Crippen LogP contribution is 2.07. The summed E-state index contributed by atoms with van der Waals surface area (Å²) in [7, 11) is 0. The van der Waals surface area contributed by atoms with Crippen molar-refractivity contribution in [1.82, 2.24) is 9.97 Å². The van der Waals surface area contributed by atoms with Crippen molar-refractivity contribution in [2.45, 2.75) is 13.3 Å². The van der Waals surface area contributed by atoms with Crippen LogP contribution in [-0.4, -0.2) is 16.5 Å². The largest absolute Gasteiger partial charge is 0.365 e. The van der Waals surface area contributed by atoms with Gasteiger partial charge in [0.15, 0.2) is 0 Å². The summed E-state index contributed by atoms with van der Waals surface area (Å²) in [6.07, 6.45) is 4.09. The first-order valence-electron chi connectivity index (χ1n) is 4.10.